The SMILES string of the molecule is CCCn1c(=O)n(CC(=O)Nc2cccc(S(C)(=O)=O)c2)c2ccccc21. The number of imidazole rings is 1. The number of nitrogens with one attached hydrogen (secondary N) is 1. The second-order valence-electron chi connectivity index (χ2n) is 6.36. The van der Waals surface area contributed by atoms with Crippen molar-refractivity contribution in [3.63, 3.8) is 0 Å². The molecule has 0 atom stereocenters. The maximum absolute atomic E-state index is 12.7. The number of rotatable bonds is 6. The van der Waals surface area contributed by atoms with Gasteiger partial charge in [-0.25, -0.2) is 13.2 Å². The predicted octanol–water partition coefficient (Wildman–Crippen LogP) is 2.26. The van der Waals surface area contributed by atoms with Crippen molar-refractivity contribution < 1.29 is 13.2 Å². The van der Waals surface area contributed by atoms with Crippen molar-refractivity contribution in [1.82, 2.24) is 9.13 Å². The summed E-state index contributed by atoms with van der Waals surface area (Å²) in [6, 6.07) is 13.4. The second kappa shape index (κ2) is 7.40. The summed E-state index contributed by atoms with van der Waals surface area (Å²) in [5, 5.41) is 2.66. The van der Waals surface area contributed by atoms with E-state index < -0.39 is 15.7 Å². The summed E-state index contributed by atoms with van der Waals surface area (Å²) >= 11 is 0. The Kier molecular flexibility index (Phi) is 5.18. The molecule has 0 bridgehead atoms. The largest absolute Gasteiger partial charge is 0.329 e. The van der Waals surface area contributed by atoms with Crippen LogP contribution < -0.4 is 11.0 Å². The molecule has 0 radical (unpaired) electrons. The molecule has 3 rings (SSSR count). The van der Waals surface area contributed by atoms with Crippen LogP contribution >= 0.6 is 0 Å². The lowest BCUT2D eigenvalue weighted by molar-refractivity contribution is -0.116. The van der Waals surface area contributed by atoms with E-state index in [4.69, 9.17) is 0 Å². The van der Waals surface area contributed by atoms with E-state index in [9.17, 15) is 18.0 Å². The standard InChI is InChI=1S/C19H21N3O4S/c1-3-11-21-16-9-4-5-10-17(16)22(19(21)24)13-18(23)20-14-7-6-8-15(12-14)27(2,25)26/h4-10,12H,3,11,13H2,1-2H3,(H,20,23). The van der Waals surface area contributed by atoms with Crippen LogP contribution in [-0.4, -0.2) is 29.7 Å². The lowest BCUT2D eigenvalue weighted by atomic mass is 10.3. The first kappa shape index (κ1) is 18.9. The van der Waals surface area contributed by atoms with E-state index in [0.717, 1.165) is 18.2 Å². The lowest BCUT2D eigenvalue weighted by Crippen LogP contribution is -2.29. The number of carbonyl (C=O) groups excluding carboxylic acids is 1. The molecular formula is C19H21N3O4S. The molecule has 0 spiro atoms. The van der Waals surface area contributed by atoms with Gasteiger partial charge in [0.15, 0.2) is 9.84 Å². The normalized spacial score (nSPS) is 11.6. The van der Waals surface area contributed by atoms with E-state index in [0.29, 0.717) is 17.7 Å². The van der Waals surface area contributed by atoms with Crippen LogP contribution in [-0.2, 0) is 27.7 Å². The number of para-hydroxylation sites is 2. The lowest BCUT2D eigenvalue weighted by Gasteiger charge is -2.07. The number of benzene rings is 2. The molecular weight excluding hydrogens is 366 g/mol. The van der Waals surface area contributed by atoms with Gasteiger partial charge in [0.25, 0.3) is 0 Å². The molecule has 2 aromatic carbocycles. The molecule has 1 N–H and O–H groups in total. The summed E-state index contributed by atoms with van der Waals surface area (Å²) in [6.45, 7) is 2.41. The van der Waals surface area contributed by atoms with Crippen molar-refractivity contribution >= 4 is 32.5 Å². The minimum absolute atomic E-state index is 0.122. The number of anilines is 1. The number of amides is 1. The van der Waals surface area contributed by atoms with Crippen LogP contribution in [0.15, 0.2) is 58.2 Å². The van der Waals surface area contributed by atoms with Crippen LogP contribution in [0.2, 0.25) is 0 Å². The Morgan fingerprint density at radius 1 is 1.04 bits per heavy atom. The van der Waals surface area contributed by atoms with Crippen molar-refractivity contribution in [2.24, 2.45) is 0 Å². The minimum Gasteiger partial charge on any atom is -0.324 e. The fourth-order valence-electron chi connectivity index (χ4n) is 3.01. The summed E-state index contributed by atoms with van der Waals surface area (Å²) < 4.78 is 26.4. The molecule has 1 heterocycles. The maximum Gasteiger partial charge on any atom is 0.329 e. The third-order valence-corrected chi connectivity index (χ3v) is 5.33. The van der Waals surface area contributed by atoms with Crippen LogP contribution in [0.25, 0.3) is 11.0 Å². The van der Waals surface area contributed by atoms with Gasteiger partial charge in [-0.15, -0.1) is 0 Å². The number of aromatic nitrogens is 2. The number of carbonyl (C=O) groups is 1. The Labute approximate surface area is 157 Å². The van der Waals surface area contributed by atoms with Gasteiger partial charge in [0.05, 0.1) is 15.9 Å². The number of hydrogen-bond acceptors (Lipinski definition) is 4. The third-order valence-electron chi connectivity index (χ3n) is 4.22. The molecule has 0 saturated heterocycles. The monoisotopic (exact) mass is 387 g/mol. The molecule has 1 amide bonds. The first-order valence-electron chi connectivity index (χ1n) is 8.59. The Hall–Kier alpha value is -2.87. The zero-order valence-electron chi connectivity index (χ0n) is 15.2. The first-order chi connectivity index (χ1) is 12.8. The topological polar surface area (TPSA) is 90.2 Å². The summed E-state index contributed by atoms with van der Waals surface area (Å²) in [5.41, 5.74) is 1.61. The van der Waals surface area contributed by atoms with Crippen molar-refractivity contribution in [1.29, 1.82) is 0 Å². The van der Waals surface area contributed by atoms with Gasteiger partial charge in [-0.05, 0) is 36.8 Å². The molecule has 8 heteroatoms. The van der Waals surface area contributed by atoms with Gasteiger partial charge in [0.2, 0.25) is 5.91 Å². The highest BCUT2D eigenvalue weighted by molar-refractivity contribution is 7.90. The Bertz CT molecular complexity index is 1160. The fourth-order valence-corrected chi connectivity index (χ4v) is 3.68. The van der Waals surface area contributed by atoms with E-state index in [1.165, 1.54) is 16.7 Å². The van der Waals surface area contributed by atoms with Gasteiger partial charge in [-0.2, -0.15) is 0 Å². The Morgan fingerprint density at radius 2 is 1.70 bits per heavy atom. The fraction of sp³-hybridized carbons (Fsp3) is 0.263. The zero-order valence-corrected chi connectivity index (χ0v) is 16.0. The van der Waals surface area contributed by atoms with Crippen molar-refractivity contribution in [3.05, 3.63) is 59.0 Å². The number of aryl methyl sites for hydroxylation is 1. The highest BCUT2D eigenvalue weighted by Crippen LogP contribution is 2.16. The molecule has 0 aliphatic heterocycles. The highest BCUT2D eigenvalue weighted by Gasteiger charge is 2.15. The van der Waals surface area contributed by atoms with Gasteiger partial charge in [-0.3, -0.25) is 13.9 Å². The third kappa shape index (κ3) is 3.95. The molecule has 0 aliphatic carbocycles. The molecule has 0 fully saturated rings. The van der Waals surface area contributed by atoms with Crippen LogP contribution in [0, 0.1) is 0 Å². The quantitative estimate of drug-likeness (QED) is 0.702. The zero-order chi connectivity index (χ0) is 19.6. The molecule has 0 unspecified atom stereocenters. The average molecular weight is 387 g/mol. The van der Waals surface area contributed by atoms with E-state index in [2.05, 4.69) is 5.32 Å². The average Bonchev–Trinajstić information content (AvgIpc) is 2.87. The number of nitrogens with zero attached hydrogens (tertiary/aromatic N) is 2. The van der Waals surface area contributed by atoms with Crippen molar-refractivity contribution in [2.45, 2.75) is 31.3 Å². The minimum atomic E-state index is -3.37. The van der Waals surface area contributed by atoms with Crippen molar-refractivity contribution in [3.8, 4) is 0 Å². The number of fused-ring (bicyclic) bond motifs is 1. The van der Waals surface area contributed by atoms with Gasteiger partial charge in [-0.1, -0.05) is 25.1 Å². The van der Waals surface area contributed by atoms with Crippen LogP contribution in [0.5, 0.6) is 0 Å². The summed E-state index contributed by atoms with van der Waals surface area (Å²) in [5.74, 6) is -0.401. The highest BCUT2D eigenvalue weighted by atomic mass is 32.2. The van der Waals surface area contributed by atoms with Crippen molar-refractivity contribution in [2.75, 3.05) is 11.6 Å². The van der Waals surface area contributed by atoms with E-state index in [-0.39, 0.29) is 17.1 Å². The molecule has 1 aromatic heterocycles. The van der Waals surface area contributed by atoms with Gasteiger partial charge in [0, 0.05) is 18.5 Å². The van der Waals surface area contributed by atoms with Crippen LogP contribution in [0.1, 0.15) is 13.3 Å². The molecule has 7 nitrogen and oxygen atoms in total. The number of sulfone groups is 1. The Balaban J connectivity index is 1.89. The first-order valence-corrected chi connectivity index (χ1v) is 10.5. The summed E-state index contributed by atoms with van der Waals surface area (Å²) in [6.07, 6.45) is 1.91. The molecule has 3 aromatic rings. The molecule has 27 heavy (non-hydrogen) atoms. The van der Waals surface area contributed by atoms with Crippen LogP contribution in [0.4, 0.5) is 5.69 Å². The van der Waals surface area contributed by atoms with Gasteiger partial charge >= 0.3 is 5.69 Å². The van der Waals surface area contributed by atoms with Crippen LogP contribution in [0.3, 0.4) is 0 Å². The second-order valence-corrected chi connectivity index (χ2v) is 8.37. The molecule has 142 valence electrons. The van der Waals surface area contributed by atoms with E-state index in [1.54, 1.807) is 22.8 Å². The summed E-state index contributed by atoms with van der Waals surface area (Å²) in [7, 11) is -3.37. The predicted molar refractivity (Wildman–Crippen MR) is 105 cm³/mol. The maximum atomic E-state index is 12.7. The van der Waals surface area contributed by atoms with Gasteiger partial charge in [0.1, 0.15) is 6.54 Å². The van der Waals surface area contributed by atoms with E-state index >= 15 is 0 Å². The Morgan fingerprint density at radius 3 is 2.33 bits per heavy atom. The smallest absolute Gasteiger partial charge is 0.324 e. The van der Waals surface area contributed by atoms with Gasteiger partial charge < -0.3 is 5.32 Å². The molecule has 0 saturated carbocycles. The summed E-state index contributed by atoms with van der Waals surface area (Å²) in [4.78, 5) is 25.3. The molecule has 0 aliphatic rings. The number of hydrogen-bond donors (Lipinski definition) is 1. The van der Waals surface area contributed by atoms with E-state index in [1.807, 2.05) is 25.1 Å².